The minimum atomic E-state index is -0.380. The molecule has 0 heterocycles. The first-order chi connectivity index (χ1) is 12.1. The van der Waals surface area contributed by atoms with Crippen LogP contribution in [0.2, 0.25) is 0 Å². The Morgan fingerprint density at radius 3 is 2.60 bits per heavy atom. The predicted molar refractivity (Wildman–Crippen MR) is 91.3 cm³/mol. The fraction of sp³-hybridized carbons (Fsp3) is 0.579. The summed E-state index contributed by atoms with van der Waals surface area (Å²) in [7, 11) is 0. The van der Waals surface area contributed by atoms with Crippen LogP contribution in [0.3, 0.4) is 0 Å². The molecule has 1 aromatic rings. The Hall–Kier alpha value is -1.95. The van der Waals surface area contributed by atoms with Gasteiger partial charge in [0, 0.05) is 37.1 Å². The zero-order valence-electron chi connectivity index (χ0n) is 14.2. The molecule has 2 saturated carbocycles. The Morgan fingerprint density at radius 2 is 1.88 bits per heavy atom. The van der Waals surface area contributed by atoms with Gasteiger partial charge in [0.25, 0.3) is 5.91 Å². The average Bonchev–Trinajstić information content (AvgIpc) is 3.20. The Balaban J connectivity index is 1.37. The maximum Gasteiger partial charge on any atom is 0.251 e. The molecule has 2 aliphatic rings. The van der Waals surface area contributed by atoms with E-state index in [0.29, 0.717) is 36.8 Å². The molecule has 1 aromatic carbocycles. The third-order valence-corrected chi connectivity index (χ3v) is 5.60. The molecule has 6 heteroatoms. The smallest absolute Gasteiger partial charge is 0.251 e. The van der Waals surface area contributed by atoms with E-state index in [4.69, 9.17) is 0 Å². The lowest BCUT2D eigenvalue weighted by Gasteiger charge is -2.30. The van der Waals surface area contributed by atoms with Crippen molar-refractivity contribution >= 4 is 11.8 Å². The lowest BCUT2D eigenvalue weighted by Crippen LogP contribution is -2.45. The molecule has 2 aliphatic carbocycles. The minimum Gasteiger partial charge on any atom is -0.396 e. The van der Waals surface area contributed by atoms with E-state index >= 15 is 0 Å². The molecule has 3 rings (SSSR count). The van der Waals surface area contributed by atoms with Gasteiger partial charge in [-0.25, -0.2) is 4.39 Å². The van der Waals surface area contributed by atoms with Gasteiger partial charge in [-0.2, -0.15) is 0 Å². The summed E-state index contributed by atoms with van der Waals surface area (Å²) < 4.78 is 12.8. The summed E-state index contributed by atoms with van der Waals surface area (Å²) in [5, 5.41) is 15.4. The number of fused-ring (bicyclic) bond motifs is 2. The summed E-state index contributed by atoms with van der Waals surface area (Å²) in [6.45, 7) is 0.531. The van der Waals surface area contributed by atoms with Crippen LogP contribution in [0.5, 0.6) is 0 Å². The van der Waals surface area contributed by atoms with Crippen molar-refractivity contribution in [2.75, 3.05) is 13.2 Å². The molecule has 0 aromatic heterocycles. The molecule has 2 fully saturated rings. The van der Waals surface area contributed by atoms with E-state index in [9.17, 15) is 19.1 Å². The number of benzene rings is 1. The van der Waals surface area contributed by atoms with Gasteiger partial charge in [0.05, 0.1) is 0 Å². The average molecular weight is 348 g/mol. The molecule has 3 N–H and O–H groups in total. The molecular weight excluding hydrogens is 323 g/mol. The predicted octanol–water partition coefficient (Wildman–Crippen LogP) is 1.86. The van der Waals surface area contributed by atoms with Crippen LogP contribution < -0.4 is 10.6 Å². The number of carbonyl (C=O) groups excluding carboxylic acids is 2. The number of nitrogens with one attached hydrogen (secondary N) is 2. The van der Waals surface area contributed by atoms with Gasteiger partial charge in [-0.15, -0.1) is 0 Å². The monoisotopic (exact) mass is 348 g/mol. The van der Waals surface area contributed by atoms with Crippen molar-refractivity contribution in [3.8, 4) is 0 Å². The number of hydrogen-bond acceptors (Lipinski definition) is 3. The highest BCUT2D eigenvalue weighted by Crippen LogP contribution is 2.48. The van der Waals surface area contributed by atoms with Gasteiger partial charge in [-0.3, -0.25) is 9.59 Å². The quantitative estimate of drug-likeness (QED) is 0.658. The van der Waals surface area contributed by atoms with E-state index in [0.717, 1.165) is 19.3 Å². The first kappa shape index (κ1) is 17.9. The lowest BCUT2D eigenvalue weighted by molar-refractivity contribution is -0.122. The molecule has 2 amide bonds. The minimum absolute atomic E-state index is 0.0213. The van der Waals surface area contributed by atoms with Crippen molar-refractivity contribution in [1.29, 1.82) is 0 Å². The molecule has 0 spiro atoms. The van der Waals surface area contributed by atoms with Crippen LogP contribution in [-0.2, 0) is 4.79 Å². The topological polar surface area (TPSA) is 78.4 Å². The fourth-order valence-electron chi connectivity index (χ4n) is 4.31. The summed E-state index contributed by atoms with van der Waals surface area (Å²) in [5.74, 6) is 0.580. The fourth-order valence-corrected chi connectivity index (χ4v) is 4.31. The first-order valence-electron chi connectivity index (χ1n) is 9.02. The SMILES string of the molecule is O=C(CCCNC(=O)c1ccc(F)cc1)NC1C2CCC(C2)C1CO. The highest BCUT2D eigenvalue weighted by Gasteiger charge is 2.47. The van der Waals surface area contributed by atoms with Crippen LogP contribution >= 0.6 is 0 Å². The number of halogens is 1. The van der Waals surface area contributed by atoms with Crippen LogP contribution in [-0.4, -0.2) is 36.1 Å². The Bertz CT molecular complexity index is 620. The van der Waals surface area contributed by atoms with Crippen molar-refractivity contribution in [1.82, 2.24) is 10.6 Å². The van der Waals surface area contributed by atoms with Crippen LogP contribution in [0.4, 0.5) is 4.39 Å². The van der Waals surface area contributed by atoms with Crippen molar-refractivity contribution in [3.05, 3.63) is 35.6 Å². The van der Waals surface area contributed by atoms with E-state index in [1.807, 2.05) is 0 Å². The van der Waals surface area contributed by atoms with Crippen molar-refractivity contribution < 1.29 is 19.1 Å². The van der Waals surface area contributed by atoms with E-state index in [1.165, 1.54) is 24.3 Å². The number of amides is 2. The highest BCUT2D eigenvalue weighted by atomic mass is 19.1. The highest BCUT2D eigenvalue weighted by molar-refractivity contribution is 5.94. The van der Waals surface area contributed by atoms with Crippen LogP contribution in [0.1, 0.15) is 42.5 Å². The van der Waals surface area contributed by atoms with E-state index < -0.39 is 0 Å². The molecule has 2 bridgehead atoms. The Kier molecular flexibility index (Phi) is 5.68. The van der Waals surface area contributed by atoms with Gasteiger partial charge >= 0.3 is 0 Å². The summed E-state index contributed by atoms with van der Waals surface area (Å²) in [5.41, 5.74) is 0.401. The lowest BCUT2D eigenvalue weighted by atomic mass is 9.85. The Labute approximate surface area is 147 Å². The Morgan fingerprint density at radius 1 is 1.16 bits per heavy atom. The van der Waals surface area contributed by atoms with Crippen LogP contribution in [0.15, 0.2) is 24.3 Å². The maximum absolute atomic E-state index is 12.8. The van der Waals surface area contributed by atoms with Crippen molar-refractivity contribution in [2.24, 2.45) is 17.8 Å². The summed E-state index contributed by atoms with van der Waals surface area (Å²) in [6, 6.07) is 5.46. The van der Waals surface area contributed by atoms with Gasteiger partial charge in [0.15, 0.2) is 0 Å². The largest absolute Gasteiger partial charge is 0.396 e. The van der Waals surface area contributed by atoms with E-state index in [1.54, 1.807) is 0 Å². The third kappa shape index (κ3) is 4.18. The molecule has 25 heavy (non-hydrogen) atoms. The van der Waals surface area contributed by atoms with E-state index in [-0.39, 0.29) is 36.2 Å². The van der Waals surface area contributed by atoms with E-state index in [2.05, 4.69) is 10.6 Å². The van der Waals surface area contributed by atoms with Gasteiger partial charge in [0.1, 0.15) is 5.82 Å². The molecule has 0 aliphatic heterocycles. The second kappa shape index (κ2) is 7.95. The third-order valence-electron chi connectivity index (χ3n) is 5.60. The zero-order chi connectivity index (χ0) is 17.8. The van der Waals surface area contributed by atoms with Gasteiger partial charge in [0.2, 0.25) is 5.91 Å². The first-order valence-corrected chi connectivity index (χ1v) is 9.02. The molecule has 0 radical (unpaired) electrons. The second-order valence-electron chi connectivity index (χ2n) is 7.14. The molecule has 4 atom stereocenters. The van der Waals surface area contributed by atoms with Crippen LogP contribution in [0.25, 0.3) is 0 Å². The maximum atomic E-state index is 12.8. The zero-order valence-corrected chi connectivity index (χ0v) is 14.2. The van der Waals surface area contributed by atoms with Gasteiger partial charge in [-0.1, -0.05) is 0 Å². The summed E-state index contributed by atoms with van der Waals surface area (Å²) >= 11 is 0. The summed E-state index contributed by atoms with van der Waals surface area (Å²) in [4.78, 5) is 24.0. The molecular formula is C19H25FN2O3. The molecule has 0 saturated heterocycles. The normalized spacial score (nSPS) is 27.3. The standard InChI is InChI=1S/C19H25FN2O3/c20-15-7-5-12(6-8-15)19(25)21-9-1-2-17(24)22-18-14-4-3-13(10-14)16(18)11-23/h5-8,13-14,16,18,23H,1-4,9-11H2,(H,21,25)(H,22,24). The second-order valence-corrected chi connectivity index (χ2v) is 7.14. The molecule has 136 valence electrons. The van der Waals surface area contributed by atoms with Crippen LogP contribution in [0, 0.1) is 23.6 Å². The molecule has 4 unspecified atom stereocenters. The van der Waals surface area contributed by atoms with Crippen molar-refractivity contribution in [2.45, 2.75) is 38.1 Å². The number of aliphatic hydroxyl groups is 1. The van der Waals surface area contributed by atoms with Crippen molar-refractivity contribution in [3.63, 3.8) is 0 Å². The summed E-state index contributed by atoms with van der Waals surface area (Å²) in [6.07, 6.45) is 4.31. The van der Waals surface area contributed by atoms with Gasteiger partial charge < -0.3 is 15.7 Å². The molecule has 5 nitrogen and oxygen atoms in total. The number of rotatable bonds is 7. The number of aliphatic hydroxyl groups excluding tert-OH is 1. The number of hydrogen-bond donors (Lipinski definition) is 3. The van der Waals surface area contributed by atoms with Gasteiger partial charge in [-0.05, 0) is 61.8 Å². The number of carbonyl (C=O) groups is 2.